The van der Waals surface area contributed by atoms with E-state index in [-0.39, 0.29) is 6.61 Å². The Morgan fingerprint density at radius 2 is 2.00 bits per heavy atom. The predicted octanol–water partition coefficient (Wildman–Crippen LogP) is 5.08. The summed E-state index contributed by atoms with van der Waals surface area (Å²) in [7, 11) is 0. The van der Waals surface area contributed by atoms with Gasteiger partial charge in [0.05, 0.1) is 16.8 Å². The van der Waals surface area contributed by atoms with Gasteiger partial charge in [0.2, 0.25) is 0 Å². The molecule has 0 aliphatic heterocycles. The van der Waals surface area contributed by atoms with Gasteiger partial charge in [0.15, 0.2) is 6.10 Å². The number of hydrogen-bond acceptors (Lipinski definition) is 5. The van der Waals surface area contributed by atoms with E-state index in [1.165, 1.54) is 0 Å². The molecule has 0 radical (unpaired) electrons. The van der Waals surface area contributed by atoms with Gasteiger partial charge in [-0.05, 0) is 48.9 Å². The minimum absolute atomic E-state index is 0.258. The van der Waals surface area contributed by atoms with E-state index >= 15 is 0 Å². The molecule has 1 heterocycles. The van der Waals surface area contributed by atoms with Crippen molar-refractivity contribution in [3.05, 3.63) is 42.5 Å². The first-order valence-electron chi connectivity index (χ1n) is 8.76. The molecule has 1 unspecified atom stereocenters. The molecule has 6 heteroatoms. The zero-order valence-corrected chi connectivity index (χ0v) is 15.6. The number of nitrogens with zero attached hydrogens (tertiary/aromatic N) is 1. The first kappa shape index (κ1) is 18.6. The van der Waals surface area contributed by atoms with Crippen molar-refractivity contribution in [2.24, 2.45) is 0 Å². The first-order chi connectivity index (χ1) is 12.7. The molecule has 3 rings (SSSR count). The summed E-state index contributed by atoms with van der Waals surface area (Å²) in [5.74, 6) is 0.631. The highest BCUT2D eigenvalue weighted by molar-refractivity contribution is 7.21. The maximum absolute atomic E-state index is 13.2. The van der Waals surface area contributed by atoms with Crippen LogP contribution in [0.3, 0.4) is 0 Å². The fourth-order valence-electron chi connectivity index (χ4n) is 2.49. The second kappa shape index (κ2) is 8.96. The summed E-state index contributed by atoms with van der Waals surface area (Å²) >= 11 is 1.57. The lowest BCUT2D eigenvalue weighted by Crippen LogP contribution is -2.25. The summed E-state index contributed by atoms with van der Waals surface area (Å²) in [6, 6.07) is 13.3. The number of unbranched alkanes of at least 4 members (excludes halogenated alkanes) is 1. The Labute approximate surface area is 156 Å². The quantitative estimate of drug-likeness (QED) is 0.419. The predicted molar refractivity (Wildman–Crippen MR) is 106 cm³/mol. The van der Waals surface area contributed by atoms with Gasteiger partial charge in [-0.3, -0.25) is 0 Å². The fourth-order valence-corrected chi connectivity index (χ4v) is 3.49. The average Bonchev–Trinajstić information content (AvgIpc) is 3.08. The van der Waals surface area contributed by atoms with E-state index in [2.05, 4.69) is 11.9 Å². The summed E-state index contributed by atoms with van der Waals surface area (Å²) < 4.78 is 25.4. The standard InChI is InChI=1S/C20H23FN2O2S/c1-2-3-10-24-13-17(12-21)25-16-8-9-18-19(11-16)26-20(23-18)14-4-6-15(22)7-5-14/h4-9,11,17H,2-3,10,12-13,22H2,1H3. The van der Waals surface area contributed by atoms with E-state index < -0.39 is 12.8 Å². The number of halogens is 1. The van der Waals surface area contributed by atoms with Crippen molar-refractivity contribution in [3.8, 4) is 16.3 Å². The number of nitrogen functional groups attached to an aromatic ring is 1. The molecule has 0 fully saturated rings. The van der Waals surface area contributed by atoms with Crippen LogP contribution in [0.1, 0.15) is 19.8 Å². The number of aromatic nitrogens is 1. The number of alkyl halides is 1. The van der Waals surface area contributed by atoms with Crippen LogP contribution in [0.4, 0.5) is 10.1 Å². The lowest BCUT2D eigenvalue weighted by Gasteiger charge is -2.16. The number of hydrogen-bond donors (Lipinski definition) is 1. The zero-order chi connectivity index (χ0) is 18.4. The third-order valence-electron chi connectivity index (χ3n) is 3.94. The minimum Gasteiger partial charge on any atom is -0.485 e. The highest BCUT2D eigenvalue weighted by atomic mass is 32.1. The molecular formula is C20H23FN2O2S. The number of ether oxygens (including phenoxy) is 2. The van der Waals surface area contributed by atoms with Gasteiger partial charge in [0.25, 0.3) is 0 Å². The van der Waals surface area contributed by atoms with Crippen molar-refractivity contribution >= 4 is 27.2 Å². The van der Waals surface area contributed by atoms with Gasteiger partial charge in [-0.15, -0.1) is 11.3 Å². The van der Waals surface area contributed by atoms with E-state index in [0.29, 0.717) is 12.4 Å². The Bertz CT molecular complexity index is 835. The molecule has 26 heavy (non-hydrogen) atoms. The van der Waals surface area contributed by atoms with Gasteiger partial charge in [-0.25, -0.2) is 9.37 Å². The molecule has 0 spiro atoms. The molecule has 0 amide bonds. The Morgan fingerprint density at radius 1 is 1.19 bits per heavy atom. The monoisotopic (exact) mass is 374 g/mol. The van der Waals surface area contributed by atoms with Crippen molar-refractivity contribution in [1.82, 2.24) is 4.98 Å². The molecular weight excluding hydrogens is 351 g/mol. The fraction of sp³-hybridized carbons (Fsp3) is 0.350. The highest BCUT2D eigenvalue weighted by Gasteiger charge is 2.13. The second-order valence-corrected chi connectivity index (χ2v) is 7.12. The van der Waals surface area contributed by atoms with Crippen LogP contribution in [-0.4, -0.2) is 31.0 Å². The van der Waals surface area contributed by atoms with Gasteiger partial charge in [0.1, 0.15) is 17.4 Å². The smallest absolute Gasteiger partial charge is 0.150 e. The number of fused-ring (bicyclic) bond motifs is 1. The minimum atomic E-state index is -0.589. The molecule has 3 aromatic rings. The third kappa shape index (κ3) is 4.71. The van der Waals surface area contributed by atoms with Crippen LogP contribution < -0.4 is 10.5 Å². The van der Waals surface area contributed by atoms with Crippen molar-refractivity contribution in [3.63, 3.8) is 0 Å². The van der Waals surface area contributed by atoms with E-state index in [1.54, 1.807) is 11.3 Å². The maximum Gasteiger partial charge on any atom is 0.150 e. The van der Waals surface area contributed by atoms with Crippen LogP contribution >= 0.6 is 11.3 Å². The molecule has 138 valence electrons. The summed E-state index contributed by atoms with van der Waals surface area (Å²) in [6.07, 6.45) is 1.44. The number of thiazole rings is 1. The summed E-state index contributed by atoms with van der Waals surface area (Å²) in [5, 5.41) is 0.919. The molecule has 2 N–H and O–H groups in total. The van der Waals surface area contributed by atoms with E-state index in [0.717, 1.165) is 39.3 Å². The van der Waals surface area contributed by atoms with Crippen LogP contribution in [0.5, 0.6) is 5.75 Å². The van der Waals surface area contributed by atoms with Gasteiger partial charge in [0, 0.05) is 17.9 Å². The van der Waals surface area contributed by atoms with Crippen LogP contribution in [0.25, 0.3) is 20.8 Å². The largest absolute Gasteiger partial charge is 0.485 e. The summed E-state index contributed by atoms with van der Waals surface area (Å²) in [6.45, 7) is 2.40. The lowest BCUT2D eigenvalue weighted by molar-refractivity contribution is 0.0367. The van der Waals surface area contributed by atoms with Crippen LogP contribution in [0, 0.1) is 0 Å². The lowest BCUT2D eigenvalue weighted by atomic mass is 10.2. The molecule has 0 saturated carbocycles. The molecule has 1 atom stereocenters. The molecule has 2 aromatic carbocycles. The first-order valence-corrected chi connectivity index (χ1v) is 9.58. The van der Waals surface area contributed by atoms with Gasteiger partial charge < -0.3 is 15.2 Å². The SMILES string of the molecule is CCCCOCC(CF)Oc1ccc2nc(-c3ccc(N)cc3)sc2c1. The van der Waals surface area contributed by atoms with E-state index in [1.807, 2.05) is 42.5 Å². The van der Waals surface area contributed by atoms with E-state index in [4.69, 9.17) is 15.2 Å². The number of anilines is 1. The van der Waals surface area contributed by atoms with Gasteiger partial charge in [-0.1, -0.05) is 13.3 Å². The van der Waals surface area contributed by atoms with Crippen molar-refractivity contribution in [1.29, 1.82) is 0 Å². The van der Waals surface area contributed by atoms with Crippen LogP contribution in [-0.2, 0) is 4.74 Å². The average molecular weight is 374 g/mol. The number of rotatable bonds is 9. The maximum atomic E-state index is 13.2. The molecule has 0 saturated heterocycles. The normalized spacial score (nSPS) is 12.4. The van der Waals surface area contributed by atoms with Crippen molar-refractivity contribution in [2.45, 2.75) is 25.9 Å². The topological polar surface area (TPSA) is 57.4 Å². The molecule has 0 aliphatic rings. The number of benzene rings is 2. The van der Waals surface area contributed by atoms with E-state index in [9.17, 15) is 4.39 Å². The highest BCUT2D eigenvalue weighted by Crippen LogP contribution is 2.32. The third-order valence-corrected chi connectivity index (χ3v) is 5.01. The zero-order valence-electron chi connectivity index (χ0n) is 14.8. The Kier molecular flexibility index (Phi) is 6.41. The van der Waals surface area contributed by atoms with Crippen molar-refractivity contribution < 1.29 is 13.9 Å². The Balaban J connectivity index is 1.71. The van der Waals surface area contributed by atoms with Crippen LogP contribution in [0.15, 0.2) is 42.5 Å². The molecule has 1 aromatic heterocycles. The van der Waals surface area contributed by atoms with Crippen molar-refractivity contribution in [2.75, 3.05) is 25.6 Å². The van der Waals surface area contributed by atoms with Gasteiger partial charge >= 0.3 is 0 Å². The summed E-state index contributed by atoms with van der Waals surface area (Å²) in [5.41, 5.74) is 8.38. The Morgan fingerprint density at radius 3 is 2.73 bits per heavy atom. The molecule has 0 aliphatic carbocycles. The number of nitrogens with two attached hydrogens (primary N) is 1. The van der Waals surface area contributed by atoms with Gasteiger partial charge in [-0.2, -0.15) is 0 Å². The van der Waals surface area contributed by atoms with Crippen LogP contribution in [0.2, 0.25) is 0 Å². The second-order valence-electron chi connectivity index (χ2n) is 6.09. The molecule has 4 nitrogen and oxygen atoms in total. The Hall–Kier alpha value is -2.18. The molecule has 0 bridgehead atoms. The summed E-state index contributed by atoms with van der Waals surface area (Å²) in [4.78, 5) is 4.65.